The molecule has 1 nitrogen and oxygen atoms in total. The molecule has 106 valence electrons. The summed E-state index contributed by atoms with van der Waals surface area (Å²) >= 11 is 2.03. The molecule has 0 N–H and O–H groups in total. The Morgan fingerprint density at radius 3 is 2.79 bits per heavy atom. The van der Waals surface area contributed by atoms with Crippen LogP contribution in [0.25, 0.3) is 0 Å². The van der Waals surface area contributed by atoms with E-state index in [1.54, 1.807) is 5.56 Å². The summed E-state index contributed by atoms with van der Waals surface area (Å²) in [7, 11) is 0. The van der Waals surface area contributed by atoms with Gasteiger partial charge in [0.2, 0.25) is 0 Å². The van der Waals surface area contributed by atoms with Crippen molar-refractivity contribution in [3.8, 4) is 0 Å². The molecule has 2 rings (SSSR count). The van der Waals surface area contributed by atoms with Crippen LogP contribution in [0.15, 0.2) is 29.2 Å². The number of hydrogen-bond donors (Lipinski definition) is 0. The standard InChI is InChI=1S/C17H27NS/c1-4-5-8-11-18(14(2)3)12-15-13-19-17-10-7-6-9-16(15)17/h6-7,9-10,14-15H,4-5,8,11-13H2,1-3H3. The van der Waals surface area contributed by atoms with E-state index in [9.17, 15) is 0 Å². The predicted octanol–water partition coefficient (Wildman–Crippen LogP) is 4.78. The molecule has 2 heteroatoms. The van der Waals surface area contributed by atoms with Crippen LogP contribution in [-0.2, 0) is 0 Å². The van der Waals surface area contributed by atoms with Gasteiger partial charge in [0.1, 0.15) is 0 Å². The second kappa shape index (κ2) is 7.35. The highest BCUT2D eigenvalue weighted by molar-refractivity contribution is 7.99. The molecule has 1 heterocycles. The molecule has 1 aliphatic heterocycles. The molecule has 0 fully saturated rings. The van der Waals surface area contributed by atoms with Crippen LogP contribution in [0, 0.1) is 0 Å². The number of thioether (sulfide) groups is 1. The molecule has 0 amide bonds. The number of rotatable bonds is 7. The lowest BCUT2D eigenvalue weighted by Gasteiger charge is -2.29. The summed E-state index contributed by atoms with van der Waals surface area (Å²) in [4.78, 5) is 4.17. The smallest absolute Gasteiger partial charge is 0.0108 e. The topological polar surface area (TPSA) is 3.24 Å². The zero-order valence-corrected chi connectivity index (χ0v) is 13.4. The van der Waals surface area contributed by atoms with Gasteiger partial charge in [0.05, 0.1) is 0 Å². The molecule has 19 heavy (non-hydrogen) atoms. The van der Waals surface area contributed by atoms with Gasteiger partial charge in [-0.15, -0.1) is 11.8 Å². The van der Waals surface area contributed by atoms with E-state index in [-0.39, 0.29) is 0 Å². The first-order chi connectivity index (χ1) is 9.22. The van der Waals surface area contributed by atoms with Crippen LogP contribution in [0.2, 0.25) is 0 Å². The second-order valence-corrected chi connectivity index (χ2v) is 6.90. The second-order valence-electron chi connectivity index (χ2n) is 5.84. The quantitative estimate of drug-likeness (QED) is 0.660. The number of nitrogens with zero attached hydrogens (tertiary/aromatic N) is 1. The van der Waals surface area contributed by atoms with E-state index in [0.29, 0.717) is 6.04 Å². The minimum atomic E-state index is 0.662. The Bertz CT molecular complexity index is 389. The van der Waals surface area contributed by atoms with Crippen molar-refractivity contribution in [1.82, 2.24) is 4.90 Å². The van der Waals surface area contributed by atoms with Gasteiger partial charge in [0.15, 0.2) is 0 Å². The molecule has 0 bridgehead atoms. The van der Waals surface area contributed by atoms with E-state index in [1.165, 1.54) is 43.0 Å². The van der Waals surface area contributed by atoms with Crippen LogP contribution in [0.5, 0.6) is 0 Å². The van der Waals surface area contributed by atoms with Crippen molar-refractivity contribution in [2.45, 2.75) is 56.9 Å². The summed E-state index contributed by atoms with van der Waals surface area (Å²) in [6, 6.07) is 9.61. The van der Waals surface area contributed by atoms with Gasteiger partial charge in [-0.25, -0.2) is 0 Å². The number of hydrogen-bond acceptors (Lipinski definition) is 2. The van der Waals surface area contributed by atoms with Crippen LogP contribution < -0.4 is 0 Å². The molecule has 0 saturated heterocycles. The predicted molar refractivity (Wildman–Crippen MR) is 86.1 cm³/mol. The first kappa shape index (κ1) is 14.9. The van der Waals surface area contributed by atoms with E-state index in [0.717, 1.165) is 5.92 Å². The Morgan fingerprint density at radius 1 is 1.26 bits per heavy atom. The molecular formula is C17H27NS. The Balaban J connectivity index is 1.95. The van der Waals surface area contributed by atoms with Crippen LogP contribution in [-0.4, -0.2) is 29.8 Å². The summed E-state index contributed by atoms with van der Waals surface area (Å²) < 4.78 is 0. The molecule has 0 spiro atoms. The maximum absolute atomic E-state index is 2.67. The summed E-state index contributed by atoms with van der Waals surface area (Å²) in [5.74, 6) is 1.99. The summed E-state index contributed by atoms with van der Waals surface area (Å²) in [6.45, 7) is 9.43. The highest BCUT2D eigenvalue weighted by atomic mass is 32.2. The van der Waals surface area contributed by atoms with Gasteiger partial charge in [0, 0.05) is 29.2 Å². The van der Waals surface area contributed by atoms with E-state index in [4.69, 9.17) is 0 Å². The van der Waals surface area contributed by atoms with E-state index < -0.39 is 0 Å². The van der Waals surface area contributed by atoms with Gasteiger partial charge in [-0.2, -0.15) is 0 Å². The molecule has 0 aromatic heterocycles. The third kappa shape index (κ3) is 4.00. The molecule has 1 atom stereocenters. The van der Waals surface area contributed by atoms with Gasteiger partial charge in [0.25, 0.3) is 0 Å². The first-order valence-corrected chi connectivity index (χ1v) is 8.66. The fourth-order valence-electron chi connectivity index (χ4n) is 2.79. The average molecular weight is 277 g/mol. The fourth-order valence-corrected chi connectivity index (χ4v) is 4.03. The number of fused-ring (bicyclic) bond motifs is 1. The molecule has 1 aliphatic rings. The lowest BCUT2D eigenvalue weighted by atomic mass is 10.00. The normalized spacial score (nSPS) is 18.3. The van der Waals surface area contributed by atoms with Crippen molar-refractivity contribution in [2.75, 3.05) is 18.8 Å². The lowest BCUT2D eigenvalue weighted by Crippen LogP contribution is -2.35. The van der Waals surface area contributed by atoms with E-state index in [1.807, 2.05) is 11.8 Å². The van der Waals surface area contributed by atoms with Gasteiger partial charge < -0.3 is 4.90 Å². The van der Waals surface area contributed by atoms with E-state index >= 15 is 0 Å². The van der Waals surface area contributed by atoms with Crippen LogP contribution in [0.3, 0.4) is 0 Å². The molecule has 1 aromatic rings. The SMILES string of the molecule is CCCCCN(CC1CSc2ccccc21)C(C)C. The summed E-state index contributed by atoms with van der Waals surface area (Å²) in [5, 5.41) is 0. The highest BCUT2D eigenvalue weighted by Gasteiger charge is 2.25. The minimum Gasteiger partial charge on any atom is -0.300 e. The third-order valence-electron chi connectivity index (χ3n) is 4.03. The monoisotopic (exact) mass is 277 g/mol. The first-order valence-electron chi connectivity index (χ1n) is 7.68. The summed E-state index contributed by atoms with van der Waals surface area (Å²) in [6.07, 6.45) is 4.02. The molecule has 0 saturated carbocycles. The van der Waals surface area contributed by atoms with E-state index in [2.05, 4.69) is 49.9 Å². The minimum absolute atomic E-state index is 0.662. The van der Waals surface area contributed by atoms with Gasteiger partial charge in [-0.05, 0) is 38.4 Å². The highest BCUT2D eigenvalue weighted by Crippen LogP contribution is 2.39. The van der Waals surface area contributed by atoms with Crippen LogP contribution in [0.1, 0.15) is 51.5 Å². The number of benzene rings is 1. The zero-order valence-electron chi connectivity index (χ0n) is 12.6. The Hall–Kier alpha value is -0.470. The van der Waals surface area contributed by atoms with Crippen molar-refractivity contribution in [3.05, 3.63) is 29.8 Å². The van der Waals surface area contributed by atoms with Crippen molar-refractivity contribution in [2.24, 2.45) is 0 Å². The van der Waals surface area contributed by atoms with Crippen molar-refractivity contribution >= 4 is 11.8 Å². The third-order valence-corrected chi connectivity index (χ3v) is 5.28. The Kier molecular flexibility index (Phi) is 5.77. The number of unbranched alkanes of at least 4 members (excludes halogenated alkanes) is 2. The zero-order chi connectivity index (χ0) is 13.7. The average Bonchev–Trinajstić information content (AvgIpc) is 2.81. The van der Waals surface area contributed by atoms with Crippen LogP contribution >= 0.6 is 11.8 Å². The fraction of sp³-hybridized carbons (Fsp3) is 0.647. The molecular weight excluding hydrogens is 250 g/mol. The lowest BCUT2D eigenvalue weighted by molar-refractivity contribution is 0.208. The molecule has 1 unspecified atom stereocenters. The maximum Gasteiger partial charge on any atom is 0.0108 e. The maximum atomic E-state index is 2.67. The van der Waals surface area contributed by atoms with Gasteiger partial charge in [-0.3, -0.25) is 0 Å². The molecule has 1 aromatic carbocycles. The molecule has 0 radical (unpaired) electrons. The Labute approximate surface area is 122 Å². The van der Waals surface area contributed by atoms with Crippen LogP contribution in [0.4, 0.5) is 0 Å². The molecule has 0 aliphatic carbocycles. The summed E-state index contributed by atoms with van der Waals surface area (Å²) in [5.41, 5.74) is 1.58. The Morgan fingerprint density at radius 2 is 2.05 bits per heavy atom. The van der Waals surface area contributed by atoms with Gasteiger partial charge in [-0.1, -0.05) is 38.0 Å². The van der Waals surface area contributed by atoms with Crippen molar-refractivity contribution < 1.29 is 0 Å². The van der Waals surface area contributed by atoms with Crippen molar-refractivity contribution in [1.29, 1.82) is 0 Å². The van der Waals surface area contributed by atoms with Gasteiger partial charge >= 0.3 is 0 Å². The van der Waals surface area contributed by atoms with Crippen molar-refractivity contribution in [3.63, 3.8) is 0 Å². The largest absolute Gasteiger partial charge is 0.300 e.